The second-order valence-corrected chi connectivity index (χ2v) is 13.6. The highest BCUT2D eigenvalue weighted by Gasteiger charge is 2.50. The van der Waals surface area contributed by atoms with Crippen LogP contribution >= 0.6 is 23.2 Å². The Hall–Kier alpha value is -4.10. The van der Waals surface area contributed by atoms with E-state index in [0.29, 0.717) is 24.8 Å². The molecule has 7 rings (SSSR count). The molecule has 4 heterocycles. The van der Waals surface area contributed by atoms with Gasteiger partial charge in [0.25, 0.3) is 0 Å². The maximum absolute atomic E-state index is 12.8. The molecule has 0 radical (unpaired) electrons. The first-order valence-electron chi connectivity index (χ1n) is 16.6. The molecule has 2 fully saturated rings. The number of piperazine rings is 1. The van der Waals surface area contributed by atoms with Crippen LogP contribution in [0.25, 0.3) is 5.69 Å². The van der Waals surface area contributed by atoms with E-state index in [4.69, 9.17) is 37.4 Å². The first-order chi connectivity index (χ1) is 23.8. The van der Waals surface area contributed by atoms with E-state index in [1.165, 1.54) is 6.33 Å². The lowest BCUT2D eigenvalue weighted by atomic mass is 9.90. The summed E-state index contributed by atoms with van der Waals surface area (Å²) < 4.78 is 23.8. The Morgan fingerprint density at radius 3 is 2.29 bits per heavy atom. The third-order valence-corrected chi connectivity index (χ3v) is 10.1. The molecule has 2 aliphatic heterocycles. The summed E-state index contributed by atoms with van der Waals surface area (Å²) in [6.45, 7) is 8.61. The van der Waals surface area contributed by atoms with E-state index in [1.807, 2.05) is 50.3 Å². The smallest absolute Gasteiger partial charge is 0.350 e. The van der Waals surface area contributed by atoms with E-state index >= 15 is 0 Å². The number of alkyl halides is 1. The van der Waals surface area contributed by atoms with Gasteiger partial charge in [-0.05, 0) is 74.0 Å². The van der Waals surface area contributed by atoms with Gasteiger partial charge in [-0.15, -0.1) is 11.6 Å². The lowest BCUT2D eigenvalue weighted by Gasteiger charge is -2.37. The molecule has 0 N–H and O–H groups in total. The van der Waals surface area contributed by atoms with E-state index in [0.717, 1.165) is 55.4 Å². The predicted molar refractivity (Wildman–Crippen MR) is 189 cm³/mol. The molecule has 0 saturated carbocycles. The molecule has 0 spiro atoms. The van der Waals surface area contributed by atoms with Crippen molar-refractivity contribution in [3.8, 4) is 11.4 Å². The van der Waals surface area contributed by atoms with Crippen LogP contribution in [0.4, 0.5) is 11.4 Å². The number of hydrogen-bond donors (Lipinski definition) is 0. The first-order valence-corrected chi connectivity index (χ1v) is 17.5. The lowest BCUT2D eigenvalue weighted by molar-refractivity contribution is -0.206. The van der Waals surface area contributed by atoms with Gasteiger partial charge in [-0.25, -0.2) is 23.7 Å². The minimum atomic E-state index is -1.04. The lowest BCUT2D eigenvalue weighted by Crippen LogP contribution is -2.47. The van der Waals surface area contributed by atoms with Crippen LogP contribution in [0.2, 0.25) is 0 Å². The molecule has 12 nitrogen and oxygen atoms in total. The zero-order chi connectivity index (χ0) is 34.0. The first kappa shape index (κ1) is 33.4. The summed E-state index contributed by atoms with van der Waals surface area (Å²) in [4.78, 5) is 21.6. The minimum absolute atomic E-state index is 0.0658. The Morgan fingerprint density at radius 2 is 1.65 bits per heavy atom. The summed E-state index contributed by atoms with van der Waals surface area (Å²) in [5.74, 6) is -0.554. The van der Waals surface area contributed by atoms with Gasteiger partial charge < -0.3 is 24.0 Å². The Labute approximate surface area is 295 Å². The molecule has 5 atom stereocenters. The van der Waals surface area contributed by atoms with Crippen molar-refractivity contribution in [3.05, 3.63) is 101 Å². The summed E-state index contributed by atoms with van der Waals surface area (Å²) in [7, 11) is 0. The summed E-state index contributed by atoms with van der Waals surface area (Å²) >= 11 is 12.9. The van der Waals surface area contributed by atoms with Crippen molar-refractivity contribution in [1.29, 1.82) is 0 Å². The second-order valence-electron chi connectivity index (χ2n) is 12.6. The Balaban J connectivity index is 0.916. The summed E-state index contributed by atoms with van der Waals surface area (Å²) in [5.41, 5.74) is 2.99. The number of rotatable bonds is 11. The minimum Gasteiger partial charge on any atom is -0.491 e. The van der Waals surface area contributed by atoms with Gasteiger partial charge in [0, 0.05) is 42.6 Å². The van der Waals surface area contributed by atoms with Crippen LogP contribution in [0.1, 0.15) is 26.3 Å². The van der Waals surface area contributed by atoms with E-state index in [-0.39, 0.29) is 23.8 Å². The SMILES string of the molecule is CCC(C)n1ncn(-c2ccc(N3CCN(c4ccc(OC[C@H]5CO[C@](Cn6cncn6)(C6C=CC(Cl)=CC6Cl)O5)cc4)CC3)cc2)c1=O. The normalized spacial score (nSPS) is 24.7. The summed E-state index contributed by atoms with van der Waals surface area (Å²) in [5, 5.41) is 8.74. The van der Waals surface area contributed by atoms with Gasteiger partial charge in [0.2, 0.25) is 0 Å². The fraction of sp³-hybridized carbons (Fsp3) is 0.429. The monoisotopic (exact) mass is 706 g/mol. The maximum atomic E-state index is 12.8. The van der Waals surface area contributed by atoms with E-state index in [9.17, 15) is 4.79 Å². The Morgan fingerprint density at radius 1 is 0.980 bits per heavy atom. The topological polar surface area (TPSA) is 105 Å². The quantitative estimate of drug-likeness (QED) is 0.199. The molecule has 14 heteroatoms. The van der Waals surface area contributed by atoms with Crippen molar-refractivity contribution in [2.45, 2.75) is 50.1 Å². The molecule has 4 aromatic rings. The average Bonchev–Trinajstić information content (AvgIpc) is 3.88. The van der Waals surface area contributed by atoms with Crippen LogP contribution in [-0.4, -0.2) is 85.8 Å². The molecule has 2 aromatic heterocycles. The number of ether oxygens (including phenoxy) is 3. The van der Waals surface area contributed by atoms with Gasteiger partial charge in [-0.3, -0.25) is 0 Å². The van der Waals surface area contributed by atoms with Crippen molar-refractivity contribution in [2.24, 2.45) is 5.92 Å². The predicted octanol–water partition coefficient (Wildman–Crippen LogP) is 5.03. The Kier molecular flexibility index (Phi) is 9.82. The van der Waals surface area contributed by atoms with Gasteiger partial charge in [0.1, 0.15) is 37.4 Å². The number of hydrogen-bond acceptors (Lipinski definition) is 9. The van der Waals surface area contributed by atoms with Crippen molar-refractivity contribution in [1.82, 2.24) is 29.1 Å². The summed E-state index contributed by atoms with van der Waals surface area (Å²) in [6, 6.07) is 16.4. The third-order valence-electron chi connectivity index (χ3n) is 9.47. The number of nitrogens with zero attached hydrogens (tertiary/aromatic N) is 8. The van der Waals surface area contributed by atoms with Crippen molar-refractivity contribution in [3.63, 3.8) is 0 Å². The summed E-state index contributed by atoms with van der Waals surface area (Å²) in [6.07, 6.45) is 10.8. The molecule has 258 valence electrons. The van der Waals surface area contributed by atoms with Crippen LogP contribution in [0.3, 0.4) is 0 Å². The highest BCUT2D eigenvalue weighted by atomic mass is 35.5. The third kappa shape index (κ3) is 7.14. The molecular formula is C35H40Cl2N8O4. The van der Waals surface area contributed by atoms with Crippen LogP contribution in [-0.2, 0) is 16.0 Å². The number of benzene rings is 2. The zero-order valence-electron chi connectivity index (χ0n) is 27.5. The number of aromatic nitrogens is 6. The van der Waals surface area contributed by atoms with Crippen LogP contribution < -0.4 is 20.2 Å². The molecule has 1 aliphatic carbocycles. The van der Waals surface area contributed by atoms with Gasteiger partial charge in [0.05, 0.1) is 36.2 Å². The molecule has 2 aromatic carbocycles. The van der Waals surface area contributed by atoms with Crippen LogP contribution in [0.15, 0.2) is 95.6 Å². The van der Waals surface area contributed by atoms with Crippen molar-refractivity contribution >= 4 is 34.6 Å². The van der Waals surface area contributed by atoms with Gasteiger partial charge in [0.15, 0.2) is 5.79 Å². The molecule has 3 unspecified atom stereocenters. The van der Waals surface area contributed by atoms with Crippen molar-refractivity contribution < 1.29 is 14.2 Å². The maximum Gasteiger partial charge on any atom is 0.350 e. The number of anilines is 2. The highest BCUT2D eigenvalue weighted by molar-refractivity contribution is 6.32. The molecule has 0 amide bonds. The number of allylic oxidation sites excluding steroid dienone is 3. The largest absolute Gasteiger partial charge is 0.491 e. The average molecular weight is 708 g/mol. The zero-order valence-corrected chi connectivity index (χ0v) is 29.0. The molecular weight excluding hydrogens is 667 g/mol. The van der Waals surface area contributed by atoms with Gasteiger partial charge >= 0.3 is 5.69 Å². The molecule has 0 bridgehead atoms. The fourth-order valence-corrected chi connectivity index (χ4v) is 7.21. The van der Waals surface area contributed by atoms with E-state index in [1.54, 1.807) is 32.7 Å². The second kappa shape index (κ2) is 14.4. The molecule has 49 heavy (non-hydrogen) atoms. The van der Waals surface area contributed by atoms with Crippen LogP contribution in [0, 0.1) is 5.92 Å². The highest BCUT2D eigenvalue weighted by Crippen LogP contribution is 2.40. The standard InChI is InChI=1S/C35H40Cl2N8O4/c1-3-25(2)45-34(46)44(24-40-45)29-7-5-27(6-8-29)41-14-16-42(17-15-41)28-9-11-30(12-10-28)47-19-31-20-48-35(49-31,21-43-23-38-22-39-43)32-13-4-26(36)18-33(32)37/h4-13,18,22-25,31-33H,3,14-17,19-21H2,1-2H3/t25?,31-,32?,33?,35-/m0/s1. The molecule has 2 saturated heterocycles. The fourth-order valence-electron chi connectivity index (χ4n) is 6.53. The Bertz CT molecular complexity index is 1820. The number of halogens is 2. The van der Waals surface area contributed by atoms with E-state index < -0.39 is 11.2 Å². The van der Waals surface area contributed by atoms with Crippen LogP contribution in [0.5, 0.6) is 5.75 Å². The molecule has 3 aliphatic rings. The van der Waals surface area contributed by atoms with Gasteiger partial charge in [-0.2, -0.15) is 10.2 Å². The van der Waals surface area contributed by atoms with E-state index in [2.05, 4.69) is 49.2 Å². The van der Waals surface area contributed by atoms with Crippen molar-refractivity contribution in [2.75, 3.05) is 49.2 Å². The van der Waals surface area contributed by atoms with Gasteiger partial charge in [-0.1, -0.05) is 24.6 Å².